The Morgan fingerprint density at radius 2 is 2.08 bits per heavy atom. The van der Waals surface area contributed by atoms with Crippen LogP contribution in [-0.2, 0) is 11.2 Å². The number of hydrogen-bond donors (Lipinski definition) is 1. The van der Waals surface area contributed by atoms with E-state index in [0.717, 1.165) is 6.42 Å². The van der Waals surface area contributed by atoms with Crippen molar-refractivity contribution in [2.45, 2.75) is 25.3 Å². The average Bonchev–Trinajstić information content (AvgIpc) is 3.27. The summed E-state index contributed by atoms with van der Waals surface area (Å²) in [7, 11) is 0. The van der Waals surface area contributed by atoms with Crippen LogP contribution in [0, 0.1) is 5.82 Å². The first-order valence-electron chi connectivity index (χ1n) is 8.02. The van der Waals surface area contributed by atoms with E-state index in [4.69, 9.17) is 0 Å². The van der Waals surface area contributed by atoms with Crippen molar-refractivity contribution < 1.29 is 14.0 Å². The first-order chi connectivity index (χ1) is 11.7. The summed E-state index contributed by atoms with van der Waals surface area (Å²) < 4.78 is 13.6. The van der Waals surface area contributed by atoms with Gasteiger partial charge in [0.15, 0.2) is 0 Å². The van der Waals surface area contributed by atoms with Gasteiger partial charge in [0, 0.05) is 13.1 Å². The van der Waals surface area contributed by atoms with Crippen LogP contribution in [0.25, 0.3) is 0 Å². The number of nitrogens with one attached hydrogen (secondary N) is 1. The predicted molar refractivity (Wildman–Crippen MR) is 91.5 cm³/mol. The molecule has 4 nitrogen and oxygen atoms in total. The topological polar surface area (TPSA) is 49.4 Å². The highest BCUT2D eigenvalue weighted by Gasteiger charge is 2.34. The molecule has 0 saturated carbocycles. The molecule has 126 valence electrons. The molecule has 0 aliphatic carbocycles. The standard InChI is InChI=1S/C18H19FN2O2S/c19-14-6-2-1-5-13(14)9-10-20-17(22)15-7-3-11-21(15)18(23)16-8-4-12-24-16/h1-2,4-6,8,12,15H,3,7,9-11H2,(H,20,22)/t15-/m0/s1. The fourth-order valence-electron chi connectivity index (χ4n) is 2.96. The molecule has 1 atom stereocenters. The van der Waals surface area contributed by atoms with Crippen LogP contribution in [0.15, 0.2) is 41.8 Å². The number of amides is 2. The molecule has 24 heavy (non-hydrogen) atoms. The Morgan fingerprint density at radius 1 is 1.25 bits per heavy atom. The molecule has 2 heterocycles. The van der Waals surface area contributed by atoms with Crippen LogP contribution in [0.1, 0.15) is 28.1 Å². The largest absolute Gasteiger partial charge is 0.354 e. The smallest absolute Gasteiger partial charge is 0.264 e. The van der Waals surface area contributed by atoms with Crippen molar-refractivity contribution in [1.29, 1.82) is 0 Å². The molecule has 1 aromatic carbocycles. The monoisotopic (exact) mass is 346 g/mol. The molecule has 1 aliphatic rings. The van der Waals surface area contributed by atoms with E-state index in [1.165, 1.54) is 17.4 Å². The molecule has 1 saturated heterocycles. The molecule has 0 unspecified atom stereocenters. The SMILES string of the molecule is O=C(NCCc1ccccc1F)[C@@H]1CCCN1C(=O)c1cccs1. The lowest BCUT2D eigenvalue weighted by molar-refractivity contribution is -0.124. The van der Waals surface area contributed by atoms with Gasteiger partial charge in [-0.15, -0.1) is 11.3 Å². The fourth-order valence-corrected chi connectivity index (χ4v) is 3.64. The zero-order valence-corrected chi connectivity index (χ0v) is 14.0. The summed E-state index contributed by atoms with van der Waals surface area (Å²) in [5.41, 5.74) is 0.579. The van der Waals surface area contributed by atoms with Crippen molar-refractivity contribution in [3.8, 4) is 0 Å². The number of hydrogen-bond acceptors (Lipinski definition) is 3. The van der Waals surface area contributed by atoms with Gasteiger partial charge in [-0.25, -0.2) is 4.39 Å². The summed E-state index contributed by atoms with van der Waals surface area (Å²) in [6.07, 6.45) is 1.93. The van der Waals surface area contributed by atoms with Crippen LogP contribution in [0.2, 0.25) is 0 Å². The van der Waals surface area contributed by atoms with Gasteiger partial charge < -0.3 is 10.2 Å². The summed E-state index contributed by atoms with van der Waals surface area (Å²) >= 11 is 1.38. The molecular weight excluding hydrogens is 327 g/mol. The van der Waals surface area contributed by atoms with Gasteiger partial charge in [-0.3, -0.25) is 9.59 Å². The molecule has 2 aromatic rings. The van der Waals surface area contributed by atoms with Crippen molar-refractivity contribution in [2.24, 2.45) is 0 Å². The summed E-state index contributed by atoms with van der Waals surface area (Å²) in [6.45, 7) is 0.958. The van der Waals surface area contributed by atoms with Crippen LogP contribution < -0.4 is 5.32 Å². The summed E-state index contributed by atoms with van der Waals surface area (Å²) in [4.78, 5) is 27.2. The van der Waals surface area contributed by atoms with Crippen molar-refractivity contribution >= 4 is 23.2 Å². The lowest BCUT2D eigenvalue weighted by Gasteiger charge is -2.23. The third kappa shape index (κ3) is 3.64. The average molecular weight is 346 g/mol. The van der Waals surface area contributed by atoms with Crippen LogP contribution in [0.3, 0.4) is 0 Å². The Labute approximate surface area is 144 Å². The van der Waals surface area contributed by atoms with E-state index in [2.05, 4.69) is 5.32 Å². The number of rotatable bonds is 5. The summed E-state index contributed by atoms with van der Waals surface area (Å²) in [5.74, 6) is -0.507. The minimum atomic E-state index is -0.430. The van der Waals surface area contributed by atoms with Gasteiger partial charge in [-0.2, -0.15) is 0 Å². The molecule has 2 amide bonds. The molecule has 3 rings (SSSR count). The zero-order valence-electron chi connectivity index (χ0n) is 13.2. The molecule has 1 N–H and O–H groups in total. The van der Waals surface area contributed by atoms with Gasteiger partial charge in [-0.1, -0.05) is 24.3 Å². The van der Waals surface area contributed by atoms with Gasteiger partial charge in [0.05, 0.1) is 4.88 Å². The first kappa shape index (κ1) is 16.6. The molecule has 0 bridgehead atoms. The highest BCUT2D eigenvalue weighted by Crippen LogP contribution is 2.22. The highest BCUT2D eigenvalue weighted by atomic mass is 32.1. The van der Waals surface area contributed by atoms with Gasteiger partial charge in [0.25, 0.3) is 5.91 Å². The maximum Gasteiger partial charge on any atom is 0.264 e. The number of carbonyl (C=O) groups is 2. The van der Waals surface area contributed by atoms with Crippen molar-refractivity contribution in [3.05, 3.63) is 58.0 Å². The minimum Gasteiger partial charge on any atom is -0.354 e. The van der Waals surface area contributed by atoms with Gasteiger partial charge in [0.1, 0.15) is 11.9 Å². The van der Waals surface area contributed by atoms with Crippen molar-refractivity contribution in [3.63, 3.8) is 0 Å². The molecule has 0 radical (unpaired) electrons. The lowest BCUT2D eigenvalue weighted by Crippen LogP contribution is -2.46. The number of carbonyl (C=O) groups excluding carboxylic acids is 2. The number of thiophene rings is 1. The molecule has 0 spiro atoms. The van der Waals surface area contributed by atoms with Crippen LogP contribution in [0.5, 0.6) is 0 Å². The second kappa shape index (κ2) is 7.57. The Morgan fingerprint density at radius 3 is 2.83 bits per heavy atom. The van der Waals surface area contributed by atoms with Crippen LogP contribution in [0.4, 0.5) is 4.39 Å². The maximum atomic E-state index is 13.6. The highest BCUT2D eigenvalue weighted by molar-refractivity contribution is 7.12. The van der Waals surface area contributed by atoms with Crippen molar-refractivity contribution in [2.75, 3.05) is 13.1 Å². The van der Waals surface area contributed by atoms with E-state index in [1.807, 2.05) is 11.4 Å². The molecule has 6 heteroatoms. The molecular formula is C18H19FN2O2S. The molecule has 1 fully saturated rings. The van der Waals surface area contributed by atoms with E-state index in [-0.39, 0.29) is 17.6 Å². The maximum absolute atomic E-state index is 13.6. The predicted octanol–water partition coefficient (Wildman–Crippen LogP) is 2.85. The second-order valence-corrected chi connectivity index (χ2v) is 6.71. The Bertz CT molecular complexity index is 718. The molecule has 1 aliphatic heterocycles. The quantitative estimate of drug-likeness (QED) is 0.905. The molecule has 1 aromatic heterocycles. The van der Waals surface area contributed by atoms with E-state index in [0.29, 0.717) is 36.4 Å². The Balaban J connectivity index is 1.56. The van der Waals surface area contributed by atoms with E-state index < -0.39 is 6.04 Å². The third-order valence-corrected chi connectivity index (χ3v) is 5.06. The van der Waals surface area contributed by atoms with Gasteiger partial charge >= 0.3 is 0 Å². The van der Waals surface area contributed by atoms with E-state index >= 15 is 0 Å². The van der Waals surface area contributed by atoms with Gasteiger partial charge in [-0.05, 0) is 42.3 Å². The van der Waals surface area contributed by atoms with Crippen LogP contribution in [-0.4, -0.2) is 35.8 Å². The second-order valence-electron chi connectivity index (χ2n) is 5.77. The first-order valence-corrected chi connectivity index (χ1v) is 8.90. The van der Waals surface area contributed by atoms with Gasteiger partial charge in [0.2, 0.25) is 5.91 Å². The normalized spacial score (nSPS) is 17.0. The number of benzene rings is 1. The zero-order chi connectivity index (χ0) is 16.9. The Hall–Kier alpha value is -2.21. The minimum absolute atomic E-state index is 0.0863. The number of nitrogens with zero attached hydrogens (tertiary/aromatic N) is 1. The Kier molecular flexibility index (Phi) is 5.25. The fraction of sp³-hybridized carbons (Fsp3) is 0.333. The third-order valence-electron chi connectivity index (χ3n) is 4.20. The van der Waals surface area contributed by atoms with E-state index in [1.54, 1.807) is 29.2 Å². The summed E-state index contributed by atoms with van der Waals surface area (Å²) in [6, 6.07) is 9.72. The van der Waals surface area contributed by atoms with Crippen LogP contribution >= 0.6 is 11.3 Å². The van der Waals surface area contributed by atoms with E-state index in [9.17, 15) is 14.0 Å². The summed E-state index contributed by atoms with van der Waals surface area (Å²) in [5, 5.41) is 4.69. The number of likely N-dealkylation sites (tertiary alicyclic amines) is 1. The lowest BCUT2D eigenvalue weighted by atomic mass is 10.1. The van der Waals surface area contributed by atoms with Crippen molar-refractivity contribution in [1.82, 2.24) is 10.2 Å². The number of halogens is 1.